The van der Waals surface area contributed by atoms with E-state index >= 15 is 0 Å². The second kappa shape index (κ2) is 8.35. The molecule has 0 amide bonds. The van der Waals surface area contributed by atoms with Crippen molar-refractivity contribution in [2.75, 3.05) is 13.1 Å². The van der Waals surface area contributed by atoms with Crippen LogP contribution < -0.4 is 5.32 Å². The maximum absolute atomic E-state index is 12.8. The van der Waals surface area contributed by atoms with Crippen molar-refractivity contribution in [2.45, 2.75) is 25.2 Å². The smallest absolute Gasteiger partial charge is 0.285 e. The Kier molecular flexibility index (Phi) is 5.91. The Morgan fingerprint density at radius 3 is 2.37 bits per heavy atom. The van der Waals surface area contributed by atoms with E-state index < -0.39 is 10.0 Å². The fourth-order valence-electron chi connectivity index (χ4n) is 2.81. The summed E-state index contributed by atoms with van der Waals surface area (Å²) in [6, 6.07) is 16.6. The van der Waals surface area contributed by atoms with E-state index in [0.29, 0.717) is 19.0 Å². The number of nitrogens with zero attached hydrogens (tertiary/aromatic N) is 3. The number of rotatable bonds is 5. The number of hydrogen-bond donors (Lipinski definition) is 1. The second-order valence-corrected chi connectivity index (χ2v) is 7.93. The zero-order valence-electron chi connectivity index (χ0n) is 15.5. The molecule has 0 spiro atoms. The molecule has 0 aromatic heterocycles. The topological polar surface area (TPSA) is 74.1 Å². The van der Waals surface area contributed by atoms with Crippen molar-refractivity contribution in [3.63, 3.8) is 0 Å². The predicted molar refractivity (Wildman–Crippen MR) is 109 cm³/mol. The molecule has 0 saturated heterocycles. The number of nitrogens with one attached hydrogen (secondary N) is 1. The van der Waals surface area contributed by atoms with Crippen molar-refractivity contribution in [3.05, 3.63) is 54.6 Å². The Morgan fingerprint density at radius 1 is 1.11 bits per heavy atom. The molecule has 27 heavy (non-hydrogen) atoms. The van der Waals surface area contributed by atoms with Gasteiger partial charge in [-0.2, -0.15) is 13.5 Å². The first-order chi connectivity index (χ1) is 13.0. The SMILES string of the molecule is CCN/C(=N\S(=O)(=O)c1ccc(-c2ccccc2)cc1)N1CC(CC)C=N1. The van der Waals surface area contributed by atoms with Crippen molar-refractivity contribution in [1.29, 1.82) is 0 Å². The van der Waals surface area contributed by atoms with Crippen molar-refractivity contribution >= 4 is 22.2 Å². The van der Waals surface area contributed by atoms with E-state index in [2.05, 4.69) is 21.7 Å². The molecule has 0 bridgehead atoms. The first-order valence-electron chi connectivity index (χ1n) is 9.09. The van der Waals surface area contributed by atoms with Crippen LogP contribution in [0.2, 0.25) is 0 Å². The summed E-state index contributed by atoms with van der Waals surface area (Å²) >= 11 is 0. The Balaban J connectivity index is 1.85. The van der Waals surface area contributed by atoms with Crippen LogP contribution in [-0.4, -0.2) is 38.7 Å². The summed E-state index contributed by atoms with van der Waals surface area (Å²) in [4.78, 5) is 0.160. The number of hydrogen-bond acceptors (Lipinski definition) is 3. The van der Waals surface area contributed by atoms with E-state index in [1.165, 1.54) is 0 Å². The van der Waals surface area contributed by atoms with Crippen LogP contribution in [0.25, 0.3) is 11.1 Å². The average molecular weight is 385 g/mol. The Labute approximate surface area is 160 Å². The summed E-state index contributed by atoms with van der Waals surface area (Å²) in [5.41, 5.74) is 2.00. The van der Waals surface area contributed by atoms with E-state index in [9.17, 15) is 8.42 Å². The van der Waals surface area contributed by atoms with Crippen LogP contribution in [-0.2, 0) is 10.0 Å². The van der Waals surface area contributed by atoms with Gasteiger partial charge in [0.1, 0.15) is 0 Å². The van der Waals surface area contributed by atoms with Gasteiger partial charge in [-0.15, -0.1) is 4.40 Å². The fourth-order valence-corrected chi connectivity index (χ4v) is 3.78. The van der Waals surface area contributed by atoms with Crippen LogP contribution in [0.4, 0.5) is 0 Å². The fraction of sp³-hybridized carbons (Fsp3) is 0.300. The third-order valence-electron chi connectivity index (χ3n) is 4.39. The number of benzene rings is 2. The van der Waals surface area contributed by atoms with Crippen LogP contribution in [0.15, 0.2) is 69.0 Å². The average Bonchev–Trinajstić information content (AvgIpc) is 3.18. The van der Waals surface area contributed by atoms with Gasteiger partial charge in [-0.05, 0) is 36.6 Å². The molecule has 6 nitrogen and oxygen atoms in total. The molecule has 0 saturated carbocycles. The summed E-state index contributed by atoms with van der Waals surface area (Å²) in [6.45, 7) is 5.16. The molecule has 0 fully saturated rings. The third kappa shape index (κ3) is 4.54. The Bertz CT molecular complexity index is 922. The van der Waals surface area contributed by atoms with Gasteiger partial charge >= 0.3 is 0 Å². The Morgan fingerprint density at radius 2 is 1.78 bits per heavy atom. The second-order valence-electron chi connectivity index (χ2n) is 6.33. The highest BCUT2D eigenvalue weighted by Crippen LogP contribution is 2.22. The predicted octanol–water partition coefficient (Wildman–Crippen LogP) is 3.34. The lowest BCUT2D eigenvalue weighted by Crippen LogP contribution is -2.38. The van der Waals surface area contributed by atoms with Crippen molar-refractivity contribution in [2.24, 2.45) is 15.4 Å². The zero-order chi connectivity index (χ0) is 19.3. The zero-order valence-corrected chi connectivity index (χ0v) is 16.4. The van der Waals surface area contributed by atoms with Gasteiger partial charge in [0.2, 0.25) is 5.96 Å². The first kappa shape index (κ1) is 19.1. The molecule has 7 heteroatoms. The van der Waals surface area contributed by atoms with E-state index in [0.717, 1.165) is 17.5 Å². The van der Waals surface area contributed by atoms with Crippen LogP contribution in [0.3, 0.4) is 0 Å². The molecule has 2 aromatic carbocycles. The minimum Gasteiger partial charge on any atom is -0.354 e. The molecule has 1 atom stereocenters. The number of sulfonamides is 1. The van der Waals surface area contributed by atoms with Gasteiger partial charge in [0.25, 0.3) is 10.0 Å². The van der Waals surface area contributed by atoms with Gasteiger partial charge < -0.3 is 5.32 Å². The minimum atomic E-state index is -3.83. The maximum Gasteiger partial charge on any atom is 0.285 e. The highest BCUT2D eigenvalue weighted by atomic mass is 32.2. The normalized spacial score (nSPS) is 17.3. The molecule has 1 aliphatic rings. The van der Waals surface area contributed by atoms with Gasteiger partial charge in [-0.1, -0.05) is 49.4 Å². The van der Waals surface area contributed by atoms with Crippen LogP contribution in [0.1, 0.15) is 20.3 Å². The first-order valence-corrected chi connectivity index (χ1v) is 10.5. The molecule has 2 aromatic rings. The Hall–Kier alpha value is -2.67. The monoisotopic (exact) mass is 384 g/mol. The maximum atomic E-state index is 12.8. The molecule has 1 heterocycles. The molecular weight excluding hydrogens is 360 g/mol. The van der Waals surface area contributed by atoms with E-state index in [-0.39, 0.29) is 10.9 Å². The summed E-state index contributed by atoms with van der Waals surface area (Å²) in [7, 11) is -3.83. The lowest BCUT2D eigenvalue weighted by atomic mass is 10.1. The number of hydrazone groups is 1. The molecule has 142 valence electrons. The molecular formula is C20H24N4O2S. The third-order valence-corrected chi connectivity index (χ3v) is 5.68. The number of guanidine groups is 1. The molecule has 0 radical (unpaired) electrons. The van der Waals surface area contributed by atoms with Crippen LogP contribution in [0, 0.1) is 5.92 Å². The largest absolute Gasteiger partial charge is 0.354 e. The van der Waals surface area contributed by atoms with Gasteiger partial charge in [-0.3, -0.25) is 0 Å². The van der Waals surface area contributed by atoms with E-state index in [4.69, 9.17) is 0 Å². The van der Waals surface area contributed by atoms with E-state index in [1.807, 2.05) is 43.5 Å². The molecule has 1 unspecified atom stereocenters. The molecule has 3 rings (SSSR count). The van der Waals surface area contributed by atoms with Crippen molar-refractivity contribution in [3.8, 4) is 11.1 Å². The quantitative estimate of drug-likeness (QED) is 0.634. The lowest BCUT2D eigenvalue weighted by molar-refractivity contribution is 0.426. The van der Waals surface area contributed by atoms with E-state index in [1.54, 1.807) is 29.3 Å². The lowest BCUT2D eigenvalue weighted by Gasteiger charge is -2.18. The van der Waals surface area contributed by atoms with Crippen molar-refractivity contribution in [1.82, 2.24) is 10.3 Å². The van der Waals surface area contributed by atoms with Gasteiger partial charge in [0, 0.05) is 18.7 Å². The van der Waals surface area contributed by atoms with Crippen LogP contribution in [0.5, 0.6) is 0 Å². The summed E-state index contributed by atoms with van der Waals surface area (Å²) in [5.74, 6) is 0.568. The summed E-state index contributed by atoms with van der Waals surface area (Å²) < 4.78 is 29.5. The highest BCUT2D eigenvalue weighted by Gasteiger charge is 2.23. The van der Waals surface area contributed by atoms with Crippen LogP contribution >= 0.6 is 0 Å². The summed E-state index contributed by atoms with van der Waals surface area (Å²) in [6.07, 6.45) is 2.79. The van der Waals surface area contributed by atoms with Crippen molar-refractivity contribution < 1.29 is 8.42 Å². The summed E-state index contributed by atoms with van der Waals surface area (Å²) in [5, 5.41) is 8.92. The molecule has 0 aliphatic carbocycles. The highest BCUT2D eigenvalue weighted by molar-refractivity contribution is 7.90. The minimum absolute atomic E-state index is 0.160. The standard InChI is InChI=1S/C20H24N4O2S/c1-3-16-14-22-24(15-16)20(21-4-2)23-27(25,26)19-12-10-18(11-13-19)17-8-6-5-7-9-17/h5-14,16H,3-4,15H2,1-2H3,(H,21,23). The van der Waals surface area contributed by atoms with Gasteiger partial charge in [0.15, 0.2) is 0 Å². The van der Waals surface area contributed by atoms with Gasteiger partial charge in [-0.25, -0.2) is 5.01 Å². The van der Waals surface area contributed by atoms with Gasteiger partial charge in [0.05, 0.1) is 11.4 Å². The molecule has 1 aliphatic heterocycles. The molecule has 1 N–H and O–H groups in total.